The molecule has 0 aliphatic carbocycles. The van der Waals surface area contributed by atoms with Crippen LogP contribution >= 0.6 is 0 Å². The second kappa shape index (κ2) is 8.66. The standard InChI is InChI=1S/C28H22O8/c29-18-9-17(10-19(30)12-18)27-26-15(3-1-14-2-5-21(32)23(34)7-14)8-20(31)13-25(26)36-28(27)16-4-6-22(33)24(35)11-16/h1-13,27-35H/b3-1-/t27-,28+/m0/s1. The lowest BCUT2D eigenvalue weighted by atomic mass is 9.82. The first kappa shape index (κ1) is 22.8. The summed E-state index contributed by atoms with van der Waals surface area (Å²) < 4.78 is 6.22. The summed E-state index contributed by atoms with van der Waals surface area (Å²) in [7, 11) is 0. The van der Waals surface area contributed by atoms with Crippen molar-refractivity contribution in [1.82, 2.24) is 0 Å². The Morgan fingerprint density at radius 2 is 1.19 bits per heavy atom. The SMILES string of the molecule is Oc1cc(O)cc([C@H]2c3c(/C=C\c4ccc(O)c(O)c4)cc(O)cc3O[C@@H]2c2ccc(O)c(O)c2)c1. The van der Waals surface area contributed by atoms with Gasteiger partial charge in [0.25, 0.3) is 0 Å². The van der Waals surface area contributed by atoms with Crippen LogP contribution in [-0.2, 0) is 0 Å². The summed E-state index contributed by atoms with van der Waals surface area (Å²) in [4.78, 5) is 0. The van der Waals surface area contributed by atoms with E-state index in [0.29, 0.717) is 33.6 Å². The van der Waals surface area contributed by atoms with E-state index >= 15 is 0 Å². The fourth-order valence-corrected chi connectivity index (χ4v) is 4.50. The number of ether oxygens (including phenoxy) is 1. The number of hydrogen-bond donors (Lipinski definition) is 7. The summed E-state index contributed by atoms with van der Waals surface area (Å²) in [6.45, 7) is 0. The van der Waals surface area contributed by atoms with Gasteiger partial charge < -0.3 is 40.5 Å². The molecular formula is C28H22O8. The lowest BCUT2D eigenvalue weighted by molar-refractivity contribution is 0.221. The molecule has 0 spiro atoms. The van der Waals surface area contributed by atoms with Gasteiger partial charge in [-0.05, 0) is 64.7 Å². The molecule has 1 aliphatic heterocycles. The monoisotopic (exact) mass is 486 g/mol. The van der Waals surface area contributed by atoms with Gasteiger partial charge in [0.1, 0.15) is 29.1 Å². The van der Waals surface area contributed by atoms with Crippen LogP contribution in [-0.4, -0.2) is 35.7 Å². The molecule has 0 unspecified atom stereocenters. The Morgan fingerprint density at radius 1 is 0.556 bits per heavy atom. The van der Waals surface area contributed by atoms with Gasteiger partial charge in [-0.25, -0.2) is 0 Å². The smallest absolute Gasteiger partial charge is 0.157 e. The van der Waals surface area contributed by atoms with Gasteiger partial charge in [-0.1, -0.05) is 24.3 Å². The highest BCUT2D eigenvalue weighted by atomic mass is 16.5. The molecule has 2 atom stereocenters. The van der Waals surface area contributed by atoms with Gasteiger partial charge in [0, 0.05) is 17.7 Å². The van der Waals surface area contributed by atoms with Crippen LogP contribution in [0.5, 0.6) is 46.0 Å². The summed E-state index contributed by atoms with van der Waals surface area (Å²) in [5.74, 6) is -1.75. The molecule has 0 aromatic heterocycles. The molecule has 36 heavy (non-hydrogen) atoms. The Kier molecular flexibility index (Phi) is 5.49. The highest BCUT2D eigenvalue weighted by Gasteiger charge is 2.39. The second-order valence-corrected chi connectivity index (χ2v) is 8.58. The average Bonchev–Trinajstić information content (AvgIpc) is 3.20. The molecule has 4 aromatic rings. The molecule has 0 bridgehead atoms. The first-order valence-electron chi connectivity index (χ1n) is 11.0. The normalized spacial score (nSPS) is 16.7. The highest BCUT2D eigenvalue weighted by Crippen LogP contribution is 2.53. The zero-order valence-electron chi connectivity index (χ0n) is 18.7. The van der Waals surface area contributed by atoms with Gasteiger partial charge in [-0.3, -0.25) is 0 Å². The van der Waals surface area contributed by atoms with Gasteiger partial charge in [0.2, 0.25) is 0 Å². The van der Waals surface area contributed by atoms with Crippen molar-refractivity contribution in [3.63, 3.8) is 0 Å². The van der Waals surface area contributed by atoms with Crippen molar-refractivity contribution in [3.05, 3.63) is 94.5 Å². The second-order valence-electron chi connectivity index (χ2n) is 8.58. The summed E-state index contributed by atoms with van der Waals surface area (Å²) >= 11 is 0. The Hall–Kier alpha value is -4.98. The van der Waals surface area contributed by atoms with E-state index in [9.17, 15) is 35.7 Å². The summed E-state index contributed by atoms with van der Waals surface area (Å²) in [6.07, 6.45) is 2.66. The molecule has 1 heterocycles. The maximum absolute atomic E-state index is 10.4. The van der Waals surface area contributed by atoms with Crippen molar-refractivity contribution >= 4 is 12.2 Å². The van der Waals surface area contributed by atoms with Crippen molar-refractivity contribution in [3.8, 4) is 46.0 Å². The third-order valence-corrected chi connectivity index (χ3v) is 6.09. The largest absolute Gasteiger partial charge is 0.508 e. The Bertz CT molecular complexity index is 1490. The van der Waals surface area contributed by atoms with Crippen LogP contribution in [0.2, 0.25) is 0 Å². The molecule has 0 radical (unpaired) electrons. The number of phenolic OH excluding ortho intramolecular Hbond substituents is 7. The number of hydrogen-bond acceptors (Lipinski definition) is 8. The van der Waals surface area contributed by atoms with Crippen LogP contribution in [0.15, 0.2) is 66.7 Å². The lowest BCUT2D eigenvalue weighted by Gasteiger charge is -2.21. The van der Waals surface area contributed by atoms with Crippen LogP contribution in [0.25, 0.3) is 12.2 Å². The summed E-state index contributed by atoms with van der Waals surface area (Å²) in [6, 6.07) is 15.8. The van der Waals surface area contributed by atoms with Crippen LogP contribution in [0.3, 0.4) is 0 Å². The van der Waals surface area contributed by atoms with Crippen LogP contribution in [0, 0.1) is 0 Å². The molecule has 0 fully saturated rings. The van der Waals surface area contributed by atoms with Crippen LogP contribution in [0.4, 0.5) is 0 Å². The molecule has 4 aromatic carbocycles. The number of aromatic hydroxyl groups is 7. The molecule has 7 N–H and O–H groups in total. The molecule has 0 amide bonds. The van der Waals surface area contributed by atoms with Crippen LogP contribution < -0.4 is 4.74 Å². The average molecular weight is 486 g/mol. The van der Waals surface area contributed by atoms with E-state index in [0.717, 1.165) is 0 Å². The molecule has 8 heteroatoms. The molecule has 5 rings (SSSR count). The quantitative estimate of drug-likeness (QED) is 0.156. The van der Waals surface area contributed by atoms with E-state index in [1.54, 1.807) is 24.3 Å². The molecular weight excluding hydrogens is 464 g/mol. The number of phenols is 7. The van der Waals surface area contributed by atoms with Crippen molar-refractivity contribution < 1.29 is 40.5 Å². The number of fused-ring (bicyclic) bond motifs is 1. The fourth-order valence-electron chi connectivity index (χ4n) is 4.50. The zero-order valence-corrected chi connectivity index (χ0v) is 18.7. The molecule has 8 nitrogen and oxygen atoms in total. The van der Waals surface area contributed by atoms with Crippen molar-refractivity contribution in [2.45, 2.75) is 12.0 Å². The molecule has 1 aliphatic rings. The fraction of sp³-hybridized carbons (Fsp3) is 0.0714. The summed E-state index contributed by atoms with van der Waals surface area (Å²) in [5.41, 5.74) is 2.84. The van der Waals surface area contributed by atoms with Gasteiger partial charge in [-0.2, -0.15) is 0 Å². The van der Waals surface area contributed by atoms with E-state index in [2.05, 4.69) is 0 Å². The van der Waals surface area contributed by atoms with Gasteiger partial charge in [-0.15, -0.1) is 0 Å². The predicted molar refractivity (Wildman–Crippen MR) is 132 cm³/mol. The van der Waals surface area contributed by atoms with E-state index in [4.69, 9.17) is 4.74 Å². The van der Waals surface area contributed by atoms with Crippen molar-refractivity contribution in [2.24, 2.45) is 0 Å². The number of benzene rings is 4. The first-order chi connectivity index (χ1) is 17.2. The van der Waals surface area contributed by atoms with Crippen molar-refractivity contribution in [1.29, 1.82) is 0 Å². The molecule has 0 saturated carbocycles. The summed E-state index contributed by atoms with van der Waals surface area (Å²) in [5, 5.41) is 70.0. The maximum Gasteiger partial charge on any atom is 0.157 e. The maximum atomic E-state index is 10.4. The third kappa shape index (κ3) is 4.16. The number of rotatable bonds is 4. The Morgan fingerprint density at radius 3 is 1.86 bits per heavy atom. The van der Waals surface area contributed by atoms with E-state index in [1.807, 2.05) is 0 Å². The predicted octanol–water partition coefficient (Wildman–Crippen LogP) is 5.06. The van der Waals surface area contributed by atoms with E-state index < -0.39 is 12.0 Å². The van der Waals surface area contributed by atoms with Gasteiger partial charge in [0.15, 0.2) is 23.0 Å². The minimum atomic E-state index is -0.737. The third-order valence-electron chi connectivity index (χ3n) is 6.09. The Labute approximate surface area is 205 Å². The highest BCUT2D eigenvalue weighted by molar-refractivity contribution is 5.76. The lowest BCUT2D eigenvalue weighted by Crippen LogP contribution is -2.12. The van der Waals surface area contributed by atoms with Crippen LogP contribution in [0.1, 0.15) is 39.8 Å². The first-order valence-corrected chi connectivity index (χ1v) is 11.0. The molecule has 0 saturated heterocycles. The zero-order chi connectivity index (χ0) is 25.6. The van der Waals surface area contributed by atoms with Crippen molar-refractivity contribution in [2.75, 3.05) is 0 Å². The Balaban J connectivity index is 1.68. The van der Waals surface area contributed by atoms with E-state index in [-0.39, 0.29) is 40.2 Å². The van der Waals surface area contributed by atoms with Gasteiger partial charge in [0.05, 0.1) is 5.92 Å². The minimum Gasteiger partial charge on any atom is -0.508 e. The topological polar surface area (TPSA) is 151 Å². The van der Waals surface area contributed by atoms with E-state index in [1.165, 1.54) is 54.6 Å². The van der Waals surface area contributed by atoms with Gasteiger partial charge >= 0.3 is 0 Å². The molecule has 182 valence electrons. The minimum absolute atomic E-state index is 0.0614.